The van der Waals surface area contributed by atoms with Crippen molar-refractivity contribution in [1.29, 1.82) is 0 Å². The highest BCUT2D eigenvalue weighted by Crippen LogP contribution is 2.08. The lowest BCUT2D eigenvalue weighted by Gasteiger charge is -1.97. The number of hydrogen-bond donors (Lipinski definition) is 0. The van der Waals surface area contributed by atoms with Gasteiger partial charge in [-0.2, -0.15) is 0 Å². The van der Waals surface area contributed by atoms with E-state index in [1.807, 2.05) is 6.92 Å². The number of aryl methyl sites for hydroxylation is 1. The van der Waals surface area contributed by atoms with E-state index in [2.05, 4.69) is 9.97 Å². The molecule has 4 heteroatoms. The standard InChI is InChI=1S/C6H6Cl2N2/c1-4-5(2-7)10-6(8)3-9-4/h3H,2H2,1H3. The van der Waals surface area contributed by atoms with Crippen LogP contribution in [0.3, 0.4) is 0 Å². The van der Waals surface area contributed by atoms with Crippen molar-refractivity contribution >= 4 is 23.2 Å². The van der Waals surface area contributed by atoms with Crippen LogP contribution in [-0.2, 0) is 5.88 Å². The van der Waals surface area contributed by atoms with Crippen molar-refractivity contribution in [3.63, 3.8) is 0 Å². The van der Waals surface area contributed by atoms with E-state index in [0.717, 1.165) is 11.4 Å². The lowest BCUT2D eigenvalue weighted by atomic mass is 10.4. The van der Waals surface area contributed by atoms with Crippen LogP contribution in [0.4, 0.5) is 0 Å². The van der Waals surface area contributed by atoms with Crippen LogP contribution in [0, 0.1) is 6.92 Å². The number of nitrogens with zero attached hydrogens (tertiary/aromatic N) is 2. The summed E-state index contributed by atoms with van der Waals surface area (Å²) in [6.45, 7) is 1.85. The van der Waals surface area contributed by atoms with Gasteiger partial charge in [-0.1, -0.05) is 11.6 Å². The van der Waals surface area contributed by atoms with E-state index in [0.29, 0.717) is 11.0 Å². The van der Waals surface area contributed by atoms with E-state index < -0.39 is 0 Å². The maximum Gasteiger partial charge on any atom is 0.147 e. The van der Waals surface area contributed by atoms with Crippen molar-refractivity contribution < 1.29 is 0 Å². The summed E-state index contributed by atoms with van der Waals surface area (Å²) in [5.41, 5.74) is 1.58. The van der Waals surface area contributed by atoms with Crippen molar-refractivity contribution in [2.45, 2.75) is 12.8 Å². The third-order valence-electron chi connectivity index (χ3n) is 1.15. The topological polar surface area (TPSA) is 25.8 Å². The lowest BCUT2D eigenvalue weighted by molar-refractivity contribution is 1.03. The Balaban J connectivity index is 3.09. The fourth-order valence-corrected chi connectivity index (χ4v) is 0.994. The quantitative estimate of drug-likeness (QED) is 0.614. The molecule has 0 spiro atoms. The molecular formula is C6H6Cl2N2. The largest absolute Gasteiger partial charge is 0.256 e. The summed E-state index contributed by atoms with van der Waals surface area (Å²) in [5, 5.41) is 0.390. The number of aromatic nitrogens is 2. The zero-order chi connectivity index (χ0) is 7.56. The van der Waals surface area contributed by atoms with Crippen LogP contribution in [0.2, 0.25) is 5.15 Å². The highest BCUT2D eigenvalue weighted by molar-refractivity contribution is 6.29. The van der Waals surface area contributed by atoms with Gasteiger partial charge < -0.3 is 0 Å². The van der Waals surface area contributed by atoms with Crippen LogP contribution >= 0.6 is 23.2 Å². The van der Waals surface area contributed by atoms with Gasteiger partial charge in [0.15, 0.2) is 0 Å². The van der Waals surface area contributed by atoms with Crippen LogP contribution in [0.25, 0.3) is 0 Å². The molecule has 0 aliphatic heterocycles. The Morgan fingerprint density at radius 1 is 1.60 bits per heavy atom. The SMILES string of the molecule is Cc1ncc(Cl)nc1CCl. The average Bonchev–Trinajstić information content (AvgIpc) is 1.94. The van der Waals surface area contributed by atoms with E-state index in [1.54, 1.807) is 0 Å². The van der Waals surface area contributed by atoms with Crippen molar-refractivity contribution in [2.75, 3.05) is 0 Å². The molecule has 54 valence electrons. The molecule has 0 bridgehead atoms. The van der Waals surface area contributed by atoms with Gasteiger partial charge in [-0.3, -0.25) is 4.98 Å². The minimum Gasteiger partial charge on any atom is -0.256 e. The van der Waals surface area contributed by atoms with Crippen LogP contribution in [0.1, 0.15) is 11.4 Å². The summed E-state index contributed by atoms with van der Waals surface area (Å²) >= 11 is 11.1. The van der Waals surface area contributed by atoms with Gasteiger partial charge in [-0.05, 0) is 6.92 Å². The molecule has 0 aliphatic rings. The molecule has 0 radical (unpaired) electrons. The van der Waals surface area contributed by atoms with Crippen LogP contribution in [-0.4, -0.2) is 9.97 Å². The second-order valence-corrected chi connectivity index (χ2v) is 2.51. The van der Waals surface area contributed by atoms with Gasteiger partial charge in [0.05, 0.1) is 23.5 Å². The zero-order valence-electron chi connectivity index (χ0n) is 5.43. The van der Waals surface area contributed by atoms with Gasteiger partial charge >= 0.3 is 0 Å². The van der Waals surface area contributed by atoms with Crippen LogP contribution in [0.15, 0.2) is 6.20 Å². The summed E-state index contributed by atoms with van der Waals surface area (Å²) in [7, 11) is 0. The highest BCUT2D eigenvalue weighted by Gasteiger charge is 1.99. The van der Waals surface area contributed by atoms with Crippen LogP contribution < -0.4 is 0 Å². The predicted octanol–water partition coefficient (Wildman–Crippen LogP) is 2.18. The molecule has 1 aromatic heterocycles. The summed E-state index contributed by atoms with van der Waals surface area (Å²) < 4.78 is 0. The van der Waals surface area contributed by atoms with E-state index in [9.17, 15) is 0 Å². The minimum atomic E-state index is 0.361. The molecule has 0 unspecified atom stereocenters. The minimum absolute atomic E-state index is 0.361. The van der Waals surface area contributed by atoms with Crippen molar-refractivity contribution in [1.82, 2.24) is 9.97 Å². The van der Waals surface area contributed by atoms with E-state index in [-0.39, 0.29) is 0 Å². The molecule has 10 heavy (non-hydrogen) atoms. The first kappa shape index (κ1) is 7.76. The van der Waals surface area contributed by atoms with Crippen molar-refractivity contribution in [3.8, 4) is 0 Å². The fraction of sp³-hybridized carbons (Fsp3) is 0.333. The van der Waals surface area contributed by atoms with E-state index >= 15 is 0 Å². The molecular weight excluding hydrogens is 171 g/mol. The van der Waals surface area contributed by atoms with Gasteiger partial charge in [-0.15, -0.1) is 11.6 Å². The average molecular weight is 177 g/mol. The summed E-state index contributed by atoms with van der Waals surface area (Å²) in [6.07, 6.45) is 1.51. The Bertz CT molecular complexity index is 237. The number of alkyl halides is 1. The normalized spacial score (nSPS) is 9.90. The Morgan fingerprint density at radius 2 is 2.30 bits per heavy atom. The Kier molecular flexibility index (Phi) is 2.46. The molecule has 1 rings (SSSR count). The smallest absolute Gasteiger partial charge is 0.147 e. The molecule has 0 aliphatic carbocycles. The first-order chi connectivity index (χ1) is 4.74. The molecule has 0 saturated carbocycles. The summed E-state index contributed by atoms with van der Waals surface area (Å²) in [6, 6.07) is 0. The van der Waals surface area contributed by atoms with Gasteiger partial charge in [0.2, 0.25) is 0 Å². The Labute approximate surface area is 69.2 Å². The zero-order valence-corrected chi connectivity index (χ0v) is 6.95. The van der Waals surface area contributed by atoms with Gasteiger partial charge in [0.1, 0.15) is 5.15 Å². The Hall–Kier alpha value is -0.340. The van der Waals surface area contributed by atoms with Crippen molar-refractivity contribution in [2.24, 2.45) is 0 Å². The predicted molar refractivity (Wildman–Crippen MR) is 41.3 cm³/mol. The third kappa shape index (κ3) is 1.58. The molecule has 0 atom stereocenters. The van der Waals surface area contributed by atoms with Crippen molar-refractivity contribution in [3.05, 3.63) is 22.7 Å². The van der Waals surface area contributed by atoms with Crippen LogP contribution in [0.5, 0.6) is 0 Å². The maximum absolute atomic E-state index is 5.56. The molecule has 1 heterocycles. The van der Waals surface area contributed by atoms with E-state index in [4.69, 9.17) is 23.2 Å². The first-order valence-electron chi connectivity index (χ1n) is 2.78. The Morgan fingerprint density at radius 3 is 2.80 bits per heavy atom. The third-order valence-corrected chi connectivity index (χ3v) is 1.59. The van der Waals surface area contributed by atoms with E-state index in [1.165, 1.54) is 6.20 Å². The van der Waals surface area contributed by atoms with Gasteiger partial charge in [-0.25, -0.2) is 4.98 Å². The monoisotopic (exact) mass is 176 g/mol. The molecule has 0 fully saturated rings. The molecule has 2 nitrogen and oxygen atoms in total. The highest BCUT2D eigenvalue weighted by atomic mass is 35.5. The second-order valence-electron chi connectivity index (χ2n) is 1.86. The van der Waals surface area contributed by atoms with Gasteiger partial charge in [0.25, 0.3) is 0 Å². The molecule has 0 saturated heterocycles. The lowest BCUT2D eigenvalue weighted by Crippen LogP contribution is -1.93. The second kappa shape index (κ2) is 3.17. The number of hydrogen-bond acceptors (Lipinski definition) is 2. The molecule has 1 aromatic rings. The number of rotatable bonds is 1. The summed E-state index contributed by atoms with van der Waals surface area (Å²) in [5.74, 6) is 0.361. The molecule has 0 N–H and O–H groups in total. The number of halogens is 2. The van der Waals surface area contributed by atoms with Gasteiger partial charge in [0, 0.05) is 0 Å². The first-order valence-corrected chi connectivity index (χ1v) is 3.69. The maximum atomic E-state index is 5.56. The summed E-state index contributed by atoms with van der Waals surface area (Å²) in [4.78, 5) is 7.93. The molecule has 0 aromatic carbocycles. The fourth-order valence-electron chi connectivity index (χ4n) is 0.590. The molecule has 0 amide bonds.